The zero-order valence-corrected chi connectivity index (χ0v) is 20.4. The molecule has 0 bridgehead atoms. The topological polar surface area (TPSA) is 75.7 Å². The van der Waals surface area contributed by atoms with E-state index in [0.29, 0.717) is 49.2 Å². The molecule has 0 unspecified atom stereocenters. The van der Waals surface area contributed by atoms with Gasteiger partial charge in [-0.25, -0.2) is 13.1 Å². The highest BCUT2D eigenvalue weighted by molar-refractivity contribution is 7.98. The molecule has 6 nitrogen and oxygen atoms in total. The second-order valence-corrected chi connectivity index (χ2v) is 11.0. The molecule has 1 aliphatic heterocycles. The summed E-state index contributed by atoms with van der Waals surface area (Å²) in [5.74, 6) is 1.24. The van der Waals surface area contributed by atoms with E-state index in [1.54, 1.807) is 28.8 Å². The maximum absolute atomic E-state index is 12.9. The van der Waals surface area contributed by atoms with E-state index in [4.69, 9.17) is 16.3 Å². The summed E-state index contributed by atoms with van der Waals surface area (Å²) < 4.78 is 33.5. The van der Waals surface area contributed by atoms with Crippen molar-refractivity contribution in [1.29, 1.82) is 0 Å². The third-order valence-electron chi connectivity index (χ3n) is 4.73. The van der Waals surface area contributed by atoms with Crippen molar-refractivity contribution in [1.82, 2.24) is 9.62 Å². The number of benzene rings is 2. The lowest BCUT2D eigenvalue weighted by molar-refractivity contribution is 0.0300. The van der Waals surface area contributed by atoms with Crippen LogP contribution in [-0.2, 0) is 20.5 Å². The molecule has 1 heterocycles. The Bertz CT molecular complexity index is 994. The van der Waals surface area contributed by atoms with Gasteiger partial charge in [-0.1, -0.05) is 23.7 Å². The number of thioether (sulfide) groups is 2. The van der Waals surface area contributed by atoms with Gasteiger partial charge in [0.1, 0.15) is 0 Å². The van der Waals surface area contributed by atoms with E-state index >= 15 is 0 Å². The highest BCUT2D eigenvalue weighted by atomic mass is 35.5. The minimum absolute atomic E-state index is 0.101. The van der Waals surface area contributed by atoms with Crippen LogP contribution in [0.25, 0.3) is 0 Å². The molecule has 1 N–H and O–H groups in total. The van der Waals surface area contributed by atoms with E-state index in [1.165, 1.54) is 17.8 Å². The minimum atomic E-state index is -3.71. The molecule has 0 atom stereocenters. The van der Waals surface area contributed by atoms with Gasteiger partial charge >= 0.3 is 0 Å². The number of carbonyl (C=O) groups excluding carboxylic acids is 1. The van der Waals surface area contributed by atoms with Gasteiger partial charge in [0.15, 0.2) is 0 Å². The van der Waals surface area contributed by atoms with Crippen molar-refractivity contribution in [3.8, 4) is 0 Å². The fourth-order valence-corrected chi connectivity index (χ4v) is 5.76. The Morgan fingerprint density at radius 2 is 1.87 bits per heavy atom. The van der Waals surface area contributed by atoms with E-state index in [1.807, 2.05) is 30.5 Å². The van der Waals surface area contributed by atoms with Crippen molar-refractivity contribution in [2.45, 2.75) is 15.5 Å². The number of amides is 1. The molecular weight excluding hydrogens is 476 g/mol. The molecule has 10 heteroatoms. The van der Waals surface area contributed by atoms with Crippen LogP contribution < -0.4 is 4.72 Å². The lowest BCUT2D eigenvalue weighted by Crippen LogP contribution is -2.41. The average Bonchev–Trinajstić information content (AvgIpc) is 2.79. The number of halogens is 1. The molecule has 0 spiro atoms. The standard InChI is InChI=1S/C21H25ClN2O4S3/c1-29-20-7-6-18(14-19(20)21(25)24-9-11-28-12-10-24)31(26,27)23-8-13-30-15-16-2-4-17(22)5-3-16/h2-7,14,23H,8-13,15H2,1H3. The quantitative estimate of drug-likeness (QED) is 0.417. The van der Waals surface area contributed by atoms with Gasteiger partial charge in [0.2, 0.25) is 10.0 Å². The van der Waals surface area contributed by atoms with E-state index in [0.717, 1.165) is 16.2 Å². The number of sulfonamides is 1. The van der Waals surface area contributed by atoms with Gasteiger partial charge in [-0.15, -0.1) is 11.8 Å². The Balaban J connectivity index is 1.60. The maximum atomic E-state index is 12.9. The second-order valence-electron chi connectivity index (χ2n) is 6.84. The van der Waals surface area contributed by atoms with Crippen LogP contribution in [0.2, 0.25) is 5.02 Å². The van der Waals surface area contributed by atoms with Crippen LogP contribution in [0.3, 0.4) is 0 Å². The fraction of sp³-hybridized carbons (Fsp3) is 0.381. The van der Waals surface area contributed by atoms with Gasteiger partial charge in [-0.05, 0) is 42.2 Å². The van der Waals surface area contributed by atoms with Gasteiger partial charge in [-0.3, -0.25) is 4.79 Å². The summed E-state index contributed by atoms with van der Waals surface area (Å²) in [6.45, 7) is 2.30. The van der Waals surface area contributed by atoms with Gasteiger partial charge in [0, 0.05) is 41.1 Å². The predicted octanol–water partition coefficient (Wildman–Crippen LogP) is 3.75. The zero-order valence-electron chi connectivity index (χ0n) is 17.2. The van der Waals surface area contributed by atoms with E-state index in [-0.39, 0.29) is 10.8 Å². The molecular formula is C21H25ClN2O4S3. The Kier molecular flexibility index (Phi) is 9.12. The van der Waals surface area contributed by atoms with Crippen molar-refractivity contribution in [3.05, 3.63) is 58.6 Å². The Morgan fingerprint density at radius 1 is 1.16 bits per heavy atom. The van der Waals surface area contributed by atoms with Gasteiger partial charge in [-0.2, -0.15) is 11.8 Å². The molecule has 0 aromatic heterocycles. The van der Waals surface area contributed by atoms with Crippen LogP contribution >= 0.6 is 35.1 Å². The molecule has 1 saturated heterocycles. The lowest BCUT2D eigenvalue weighted by Gasteiger charge is -2.27. The summed E-state index contributed by atoms with van der Waals surface area (Å²) in [7, 11) is -3.71. The largest absolute Gasteiger partial charge is 0.378 e. The van der Waals surface area contributed by atoms with Crippen LogP contribution in [0.5, 0.6) is 0 Å². The highest BCUT2D eigenvalue weighted by Gasteiger charge is 2.23. The van der Waals surface area contributed by atoms with Gasteiger partial charge in [0.05, 0.1) is 23.7 Å². The predicted molar refractivity (Wildman–Crippen MR) is 128 cm³/mol. The monoisotopic (exact) mass is 500 g/mol. The molecule has 31 heavy (non-hydrogen) atoms. The molecule has 0 radical (unpaired) electrons. The average molecular weight is 501 g/mol. The van der Waals surface area contributed by atoms with Gasteiger partial charge in [0.25, 0.3) is 5.91 Å². The number of morpholine rings is 1. The normalized spacial score (nSPS) is 14.6. The van der Waals surface area contributed by atoms with E-state index < -0.39 is 10.0 Å². The van der Waals surface area contributed by atoms with Crippen molar-refractivity contribution in [2.24, 2.45) is 0 Å². The zero-order chi connectivity index (χ0) is 22.3. The van der Waals surface area contributed by atoms with Crippen LogP contribution in [0.1, 0.15) is 15.9 Å². The third-order valence-corrected chi connectivity index (χ3v) is 8.27. The molecule has 1 fully saturated rings. The fourth-order valence-electron chi connectivity index (χ4n) is 3.06. The molecule has 2 aromatic carbocycles. The molecule has 0 saturated carbocycles. The number of hydrogen-bond donors (Lipinski definition) is 1. The number of rotatable bonds is 9. The Morgan fingerprint density at radius 3 is 2.55 bits per heavy atom. The van der Waals surface area contributed by atoms with Crippen molar-refractivity contribution >= 4 is 51.1 Å². The first-order chi connectivity index (χ1) is 14.9. The summed E-state index contributed by atoms with van der Waals surface area (Å²) in [5, 5.41) is 0.695. The lowest BCUT2D eigenvalue weighted by atomic mass is 10.2. The molecule has 3 rings (SSSR count). The second kappa shape index (κ2) is 11.6. The maximum Gasteiger partial charge on any atom is 0.255 e. The molecule has 1 amide bonds. The Hall–Kier alpha value is -1.23. The summed E-state index contributed by atoms with van der Waals surface area (Å²) >= 11 is 8.94. The summed E-state index contributed by atoms with van der Waals surface area (Å²) in [4.78, 5) is 15.5. The molecule has 1 aliphatic rings. The first-order valence-electron chi connectivity index (χ1n) is 9.77. The smallest absolute Gasteiger partial charge is 0.255 e. The minimum Gasteiger partial charge on any atom is -0.378 e. The van der Waals surface area contributed by atoms with Crippen LogP contribution in [-0.4, -0.2) is 64.1 Å². The summed E-state index contributed by atoms with van der Waals surface area (Å²) in [6, 6.07) is 12.3. The summed E-state index contributed by atoms with van der Waals surface area (Å²) in [6.07, 6.45) is 1.87. The Labute approximate surface area is 197 Å². The van der Waals surface area contributed by atoms with Crippen molar-refractivity contribution in [3.63, 3.8) is 0 Å². The molecule has 168 valence electrons. The number of carbonyl (C=O) groups is 1. The van der Waals surface area contributed by atoms with E-state index in [9.17, 15) is 13.2 Å². The number of nitrogens with one attached hydrogen (secondary N) is 1. The first kappa shape index (κ1) is 24.4. The van der Waals surface area contributed by atoms with Crippen LogP contribution in [0.4, 0.5) is 0 Å². The number of ether oxygens (including phenoxy) is 1. The van der Waals surface area contributed by atoms with Crippen molar-refractivity contribution < 1.29 is 17.9 Å². The van der Waals surface area contributed by atoms with Gasteiger partial charge < -0.3 is 9.64 Å². The molecule has 0 aliphatic carbocycles. The first-order valence-corrected chi connectivity index (χ1v) is 14.0. The number of nitrogens with zero attached hydrogens (tertiary/aromatic N) is 1. The highest BCUT2D eigenvalue weighted by Crippen LogP contribution is 2.25. The van der Waals surface area contributed by atoms with E-state index in [2.05, 4.69) is 4.72 Å². The van der Waals surface area contributed by atoms with Crippen LogP contribution in [0.15, 0.2) is 52.3 Å². The SMILES string of the molecule is CSc1ccc(S(=O)(=O)NCCSCc2ccc(Cl)cc2)cc1C(=O)N1CCOCC1. The number of hydrogen-bond acceptors (Lipinski definition) is 6. The molecule has 2 aromatic rings. The van der Waals surface area contributed by atoms with Crippen molar-refractivity contribution in [2.75, 3.05) is 44.9 Å². The summed E-state index contributed by atoms with van der Waals surface area (Å²) in [5.41, 5.74) is 1.55. The third kappa shape index (κ3) is 6.87. The van der Waals surface area contributed by atoms with Crippen LogP contribution in [0, 0.1) is 0 Å².